The Morgan fingerprint density at radius 2 is 2.00 bits per heavy atom. The van der Waals surface area contributed by atoms with E-state index in [4.69, 9.17) is 11.6 Å². The van der Waals surface area contributed by atoms with Gasteiger partial charge in [-0.15, -0.1) is 11.3 Å². The Hall–Kier alpha value is -3.75. The minimum Gasteiger partial charge on any atom is -0.334 e. The van der Waals surface area contributed by atoms with Crippen molar-refractivity contribution in [2.24, 2.45) is 0 Å². The molecule has 0 aliphatic carbocycles. The third-order valence-corrected chi connectivity index (χ3v) is 7.25. The van der Waals surface area contributed by atoms with E-state index in [-0.39, 0.29) is 24.3 Å². The van der Waals surface area contributed by atoms with Crippen LogP contribution >= 0.6 is 22.9 Å². The van der Waals surface area contributed by atoms with E-state index in [1.54, 1.807) is 46.7 Å². The number of nitrogens with zero attached hydrogens (tertiary/aromatic N) is 3. The molecule has 0 saturated heterocycles. The normalized spacial score (nSPS) is 13.2. The Morgan fingerprint density at radius 3 is 2.74 bits per heavy atom. The van der Waals surface area contributed by atoms with Gasteiger partial charge < -0.3 is 15.5 Å². The van der Waals surface area contributed by atoms with Crippen molar-refractivity contribution >= 4 is 52.1 Å². The molecule has 1 unspecified atom stereocenters. The summed E-state index contributed by atoms with van der Waals surface area (Å²) in [5, 5.41) is 8.61. The number of hydrogen-bond donors (Lipinski definition) is 2. The molecule has 2 N–H and O–H groups in total. The number of anilines is 3. The molecule has 2 amide bonds. The predicted molar refractivity (Wildman–Crippen MR) is 139 cm³/mol. The van der Waals surface area contributed by atoms with Crippen LogP contribution in [-0.4, -0.2) is 33.7 Å². The maximum Gasteiger partial charge on any atom is 0.254 e. The van der Waals surface area contributed by atoms with Crippen molar-refractivity contribution in [3.63, 3.8) is 0 Å². The Labute approximate surface area is 211 Å². The highest BCUT2D eigenvalue weighted by atomic mass is 35.5. The Kier molecular flexibility index (Phi) is 6.23. The van der Waals surface area contributed by atoms with Gasteiger partial charge in [-0.2, -0.15) is 0 Å². The first-order valence-electron chi connectivity index (χ1n) is 11.0. The topological polar surface area (TPSA) is 87.2 Å². The first kappa shape index (κ1) is 23.0. The second-order valence-corrected chi connectivity index (χ2v) is 9.71. The fraction of sp³-hybridized carbons (Fsp3) is 0.154. The van der Waals surface area contributed by atoms with Crippen molar-refractivity contribution in [3.05, 3.63) is 87.2 Å². The Balaban J connectivity index is 1.36. The molecule has 5 rings (SSSR count). The van der Waals surface area contributed by atoms with Crippen LogP contribution in [0, 0.1) is 0 Å². The van der Waals surface area contributed by atoms with Gasteiger partial charge in [0, 0.05) is 45.5 Å². The van der Waals surface area contributed by atoms with E-state index in [1.165, 1.54) is 0 Å². The van der Waals surface area contributed by atoms with Gasteiger partial charge in [0.1, 0.15) is 0 Å². The maximum absolute atomic E-state index is 13.0. The maximum atomic E-state index is 13.0. The van der Waals surface area contributed by atoms with Gasteiger partial charge in [-0.3, -0.25) is 9.59 Å². The van der Waals surface area contributed by atoms with Crippen molar-refractivity contribution in [3.8, 4) is 11.3 Å². The molecule has 2 aromatic carbocycles. The number of amides is 2. The fourth-order valence-corrected chi connectivity index (χ4v) is 4.95. The Bertz CT molecular complexity index is 1410. The number of aromatic nitrogens is 2. The number of halogens is 1. The van der Waals surface area contributed by atoms with Gasteiger partial charge in [-0.25, -0.2) is 9.97 Å². The standard InChI is InChI=1S/C26H22ClN5O2S/c1-15(22-4-3-11-35-22)32(2)25(34)16-5-8-19(9-6-16)29-26-28-14-17-12-23(33)30-21-13-18(27)7-10-20(21)24(17)31-26/h3-11,13-15H,12H2,1-2H3,(H,30,33)(H,28,29,31). The second kappa shape index (κ2) is 9.48. The lowest BCUT2D eigenvalue weighted by atomic mass is 10.1. The number of hydrogen-bond acceptors (Lipinski definition) is 6. The molecule has 1 atom stereocenters. The van der Waals surface area contributed by atoms with E-state index < -0.39 is 0 Å². The second-order valence-electron chi connectivity index (χ2n) is 8.29. The van der Waals surface area contributed by atoms with Crippen molar-refractivity contribution < 1.29 is 9.59 Å². The van der Waals surface area contributed by atoms with E-state index in [0.717, 1.165) is 21.7 Å². The lowest BCUT2D eigenvalue weighted by Crippen LogP contribution is -2.29. The van der Waals surface area contributed by atoms with Crippen LogP contribution in [0.25, 0.3) is 11.3 Å². The summed E-state index contributed by atoms with van der Waals surface area (Å²) in [6.07, 6.45) is 1.84. The monoisotopic (exact) mass is 503 g/mol. The summed E-state index contributed by atoms with van der Waals surface area (Å²) in [6.45, 7) is 2.02. The molecule has 2 aromatic heterocycles. The first-order chi connectivity index (χ1) is 16.9. The molecular formula is C26H22ClN5O2S. The zero-order chi connectivity index (χ0) is 24.5. The zero-order valence-electron chi connectivity index (χ0n) is 19.1. The van der Waals surface area contributed by atoms with Gasteiger partial charge >= 0.3 is 0 Å². The van der Waals surface area contributed by atoms with E-state index in [1.807, 2.05) is 49.7 Å². The molecule has 0 radical (unpaired) electrons. The highest BCUT2D eigenvalue weighted by molar-refractivity contribution is 7.10. The van der Waals surface area contributed by atoms with Crippen molar-refractivity contribution in [2.45, 2.75) is 19.4 Å². The average molecular weight is 504 g/mol. The number of fused-ring (bicyclic) bond motifs is 3. The van der Waals surface area contributed by atoms with Gasteiger partial charge in [0.25, 0.3) is 5.91 Å². The average Bonchev–Trinajstić information content (AvgIpc) is 3.35. The molecule has 3 heterocycles. The number of nitrogens with one attached hydrogen (secondary N) is 2. The summed E-state index contributed by atoms with van der Waals surface area (Å²) in [7, 11) is 1.81. The quantitative estimate of drug-likeness (QED) is 0.352. The summed E-state index contributed by atoms with van der Waals surface area (Å²) >= 11 is 7.75. The van der Waals surface area contributed by atoms with E-state index in [2.05, 4.69) is 20.6 Å². The van der Waals surface area contributed by atoms with Crippen LogP contribution in [0.5, 0.6) is 0 Å². The molecule has 1 aliphatic rings. The first-order valence-corrected chi connectivity index (χ1v) is 12.3. The van der Waals surface area contributed by atoms with Gasteiger partial charge in [-0.1, -0.05) is 17.7 Å². The zero-order valence-corrected chi connectivity index (χ0v) is 20.7. The number of benzene rings is 2. The summed E-state index contributed by atoms with van der Waals surface area (Å²) in [4.78, 5) is 37.2. The van der Waals surface area contributed by atoms with Gasteiger partial charge in [0.2, 0.25) is 11.9 Å². The molecule has 7 nitrogen and oxygen atoms in total. The minimum atomic E-state index is -0.143. The molecule has 0 fully saturated rings. The van der Waals surface area contributed by atoms with E-state index in [0.29, 0.717) is 27.9 Å². The lowest BCUT2D eigenvalue weighted by Gasteiger charge is -2.24. The van der Waals surface area contributed by atoms with Gasteiger partial charge in [0.15, 0.2) is 0 Å². The third-order valence-electron chi connectivity index (χ3n) is 5.97. The molecule has 0 spiro atoms. The largest absolute Gasteiger partial charge is 0.334 e. The summed E-state index contributed by atoms with van der Waals surface area (Å²) in [5.41, 5.74) is 4.15. The molecule has 176 valence electrons. The fourth-order valence-electron chi connectivity index (χ4n) is 3.95. The molecule has 4 aromatic rings. The van der Waals surface area contributed by atoms with Crippen molar-refractivity contribution in [1.29, 1.82) is 0 Å². The van der Waals surface area contributed by atoms with Crippen LogP contribution in [0.2, 0.25) is 5.02 Å². The molecule has 35 heavy (non-hydrogen) atoms. The van der Waals surface area contributed by atoms with E-state index in [9.17, 15) is 9.59 Å². The summed E-state index contributed by atoms with van der Waals surface area (Å²) in [5.74, 6) is 0.197. The summed E-state index contributed by atoms with van der Waals surface area (Å²) < 4.78 is 0. The Morgan fingerprint density at radius 1 is 1.20 bits per heavy atom. The molecule has 0 saturated carbocycles. The van der Waals surface area contributed by atoms with Crippen LogP contribution in [0.1, 0.15) is 33.8 Å². The highest BCUT2D eigenvalue weighted by Crippen LogP contribution is 2.35. The number of rotatable bonds is 5. The van der Waals surface area contributed by atoms with Crippen LogP contribution in [-0.2, 0) is 11.2 Å². The minimum absolute atomic E-state index is 0.00703. The third kappa shape index (κ3) is 4.76. The smallest absolute Gasteiger partial charge is 0.254 e. The van der Waals surface area contributed by atoms with Crippen molar-refractivity contribution in [2.75, 3.05) is 17.7 Å². The van der Waals surface area contributed by atoms with Gasteiger partial charge in [0.05, 0.1) is 23.8 Å². The lowest BCUT2D eigenvalue weighted by molar-refractivity contribution is -0.115. The predicted octanol–water partition coefficient (Wildman–Crippen LogP) is 5.93. The molecule has 9 heteroatoms. The SMILES string of the molecule is CC(c1cccs1)N(C)C(=O)c1ccc(Nc2ncc3c(n2)-c2ccc(Cl)cc2NC(=O)C3)cc1. The number of carbonyl (C=O) groups is 2. The van der Waals surface area contributed by atoms with Crippen LogP contribution in [0.3, 0.4) is 0 Å². The molecular weight excluding hydrogens is 482 g/mol. The van der Waals surface area contributed by atoms with Crippen LogP contribution in [0.4, 0.5) is 17.3 Å². The summed E-state index contributed by atoms with van der Waals surface area (Å²) in [6, 6.07) is 16.5. The highest BCUT2D eigenvalue weighted by Gasteiger charge is 2.22. The molecule has 0 bridgehead atoms. The number of carbonyl (C=O) groups excluding carboxylic acids is 2. The number of thiophene rings is 1. The van der Waals surface area contributed by atoms with Crippen LogP contribution in [0.15, 0.2) is 66.2 Å². The van der Waals surface area contributed by atoms with Crippen molar-refractivity contribution in [1.82, 2.24) is 14.9 Å². The molecule has 1 aliphatic heterocycles. The van der Waals surface area contributed by atoms with Gasteiger partial charge in [-0.05, 0) is 60.8 Å². The van der Waals surface area contributed by atoms with Crippen LogP contribution < -0.4 is 10.6 Å². The van der Waals surface area contributed by atoms with E-state index >= 15 is 0 Å².